The summed E-state index contributed by atoms with van der Waals surface area (Å²) >= 11 is 2.12. The number of ether oxygens (including phenoxy) is 2. The van der Waals surface area contributed by atoms with E-state index in [1.54, 1.807) is 0 Å². The van der Waals surface area contributed by atoms with E-state index in [1.807, 2.05) is 0 Å². The van der Waals surface area contributed by atoms with Crippen molar-refractivity contribution in [3.63, 3.8) is 0 Å². The summed E-state index contributed by atoms with van der Waals surface area (Å²) in [6.45, 7) is 7.63. The molecular formula is C12H23NO2S. The summed E-state index contributed by atoms with van der Waals surface area (Å²) in [7, 11) is 0. The predicted molar refractivity (Wildman–Crippen MR) is 67.9 cm³/mol. The van der Waals surface area contributed by atoms with Crippen LogP contribution in [0.4, 0.5) is 0 Å². The molecule has 0 spiro atoms. The van der Waals surface area contributed by atoms with Crippen molar-refractivity contribution in [2.45, 2.75) is 37.7 Å². The van der Waals surface area contributed by atoms with Gasteiger partial charge in [0, 0.05) is 37.1 Å². The summed E-state index contributed by atoms with van der Waals surface area (Å²) in [4.78, 5) is 2.56. The van der Waals surface area contributed by atoms with Crippen LogP contribution < -0.4 is 0 Å². The second-order valence-corrected chi connectivity index (χ2v) is 5.92. The van der Waals surface area contributed by atoms with Crippen LogP contribution in [-0.4, -0.2) is 55.0 Å². The topological polar surface area (TPSA) is 21.7 Å². The largest absolute Gasteiger partial charge is 0.353 e. The molecule has 2 heterocycles. The van der Waals surface area contributed by atoms with Gasteiger partial charge in [0.25, 0.3) is 0 Å². The molecule has 16 heavy (non-hydrogen) atoms. The maximum atomic E-state index is 5.57. The molecule has 0 bridgehead atoms. The van der Waals surface area contributed by atoms with E-state index in [0.29, 0.717) is 0 Å². The molecule has 0 aliphatic carbocycles. The van der Waals surface area contributed by atoms with Gasteiger partial charge in [-0.15, -0.1) is 0 Å². The number of hydrogen-bond donors (Lipinski definition) is 0. The molecule has 1 unspecified atom stereocenters. The highest BCUT2D eigenvalue weighted by atomic mass is 32.2. The van der Waals surface area contributed by atoms with Crippen LogP contribution >= 0.6 is 11.8 Å². The summed E-state index contributed by atoms with van der Waals surface area (Å²) in [6.07, 6.45) is 3.43. The molecule has 0 aromatic rings. The van der Waals surface area contributed by atoms with Crippen molar-refractivity contribution in [1.82, 2.24) is 4.90 Å². The minimum atomic E-state index is 0.0587. The Bertz CT molecular complexity index is 197. The Balaban J connectivity index is 1.64. The third kappa shape index (κ3) is 3.91. The molecule has 0 aromatic heterocycles. The van der Waals surface area contributed by atoms with Crippen LogP contribution in [0.25, 0.3) is 0 Å². The molecule has 0 radical (unpaired) electrons. The molecule has 0 N–H and O–H groups in total. The first-order valence-electron chi connectivity index (χ1n) is 6.45. The van der Waals surface area contributed by atoms with Crippen LogP contribution in [0.5, 0.6) is 0 Å². The smallest absolute Gasteiger partial charge is 0.158 e. The van der Waals surface area contributed by atoms with E-state index in [0.717, 1.165) is 37.9 Å². The van der Waals surface area contributed by atoms with Gasteiger partial charge in [0.1, 0.15) is 0 Å². The summed E-state index contributed by atoms with van der Waals surface area (Å²) < 4.78 is 11.1. The summed E-state index contributed by atoms with van der Waals surface area (Å²) in [5.41, 5.74) is 0. The number of hydrogen-bond acceptors (Lipinski definition) is 4. The van der Waals surface area contributed by atoms with E-state index < -0.39 is 0 Å². The Morgan fingerprint density at radius 2 is 2.12 bits per heavy atom. The number of thioether (sulfide) groups is 1. The van der Waals surface area contributed by atoms with E-state index in [4.69, 9.17) is 9.47 Å². The molecule has 0 aromatic carbocycles. The Kier molecular flexibility index (Phi) is 5.42. The fourth-order valence-electron chi connectivity index (χ4n) is 2.22. The maximum Gasteiger partial charge on any atom is 0.158 e. The lowest BCUT2D eigenvalue weighted by Gasteiger charge is -2.33. The van der Waals surface area contributed by atoms with E-state index in [9.17, 15) is 0 Å². The normalized spacial score (nSPS) is 29.4. The Morgan fingerprint density at radius 3 is 2.88 bits per heavy atom. The lowest BCUT2D eigenvalue weighted by Crippen LogP contribution is -2.40. The Hall–Kier alpha value is 0.230. The van der Waals surface area contributed by atoms with Crippen LogP contribution in [0.1, 0.15) is 26.2 Å². The van der Waals surface area contributed by atoms with Crippen molar-refractivity contribution in [2.24, 2.45) is 0 Å². The standard InChI is InChI=1S/C12H23NO2S/c1-2-11-10-13(6-9-16-11)5-4-12-14-7-3-8-15-12/h11-12H,2-10H2,1H3. The van der Waals surface area contributed by atoms with Crippen molar-refractivity contribution in [1.29, 1.82) is 0 Å². The molecule has 4 heteroatoms. The van der Waals surface area contributed by atoms with Gasteiger partial charge in [0.15, 0.2) is 6.29 Å². The highest BCUT2D eigenvalue weighted by molar-refractivity contribution is 8.00. The second kappa shape index (κ2) is 6.84. The first-order chi connectivity index (χ1) is 7.88. The van der Waals surface area contributed by atoms with Gasteiger partial charge in [-0.05, 0) is 12.8 Å². The average Bonchev–Trinajstić information content (AvgIpc) is 2.38. The Morgan fingerprint density at radius 1 is 1.31 bits per heavy atom. The quantitative estimate of drug-likeness (QED) is 0.755. The highest BCUT2D eigenvalue weighted by Gasteiger charge is 2.21. The van der Waals surface area contributed by atoms with Gasteiger partial charge in [-0.3, -0.25) is 0 Å². The van der Waals surface area contributed by atoms with Gasteiger partial charge in [-0.25, -0.2) is 0 Å². The maximum absolute atomic E-state index is 5.57. The van der Waals surface area contributed by atoms with Crippen LogP contribution in [0.15, 0.2) is 0 Å². The lowest BCUT2D eigenvalue weighted by atomic mass is 10.2. The minimum Gasteiger partial charge on any atom is -0.353 e. The number of rotatable bonds is 4. The fourth-order valence-corrected chi connectivity index (χ4v) is 3.47. The highest BCUT2D eigenvalue weighted by Crippen LogP contribution is 2.21. The second-order valence-electron chi connectivity index (χ2n) is 4.52. The molecular weight excluding hydrogens is 222 g/mol. The third-order valence-corrected chi connectivity index (χ3v) is 4.63. The molecule has 3 nitrogen and oxygen atoms in total. The zero-order valence-electron chi connectivity index (χ0n) is 10.2. The zero-order chi connectivity index (χ0) is 11.2. The summed E-state index contributed by atoms with van der Waals surface area (Å²) in [5, 5.41) is 0.835. The van der Waals surface area contributed by atoms with Gasteiger partial charge in [0.2, 0.25) is 0 Å². The van der Waals surface area contributed by atoms with Crippen molar-refractivity contribution in [3.8, 4) is 0 Å². The first-order valence-corrected chi connectivity index (χ1v) is 7.50. The zero-order valence-corrected chi connectivity index (χ0v) is 11.0. The SMILES string of the molecule is CCC1CN(CCC2OCCCO2)CCS1. The summed E-state index contributed by atoms with van der Waals surface area (Å²) in [6, 6.07) is 0. The fraction of sp³-hybridized carbons (Fsp3) is 1.00. The van der Waals surface area contributed by atoms with Crippen molar-refractivity contribution >= 4 is 11.8 Å². The molecule has 2 rings (SSSR count). The third-order valence-electron chi connectivity index (χ3n) is 3.26. The van der Waals surface area contributed by atoms with Crippen LogP contribution in [-0.2, 0) is 9.47 Å². The van der Waals surface area contributed by atoms with Crippen LogP contribution in [0.3, 0.4) is 0 Å². The van der Waals surface area contributed by atoms with E-state index in [1.165, 1.54) is 25.3 Å². The molecule has 0 amide bonds. The molecule has 2 aliphatic heterocycles. The number of nitrogens with zero attached hydrogens (tertiary/aromatic N) is 1. The predicted octanol–water partition coefficient (Wildman–Crippen LogP) is 1.97. The summed E-state index contributed by atoms with van der Waals surface area (Å²) in [5.74, 6) is 1.28. The molecule has 2 fully saturated rings. The molecule has 2 aliphatic rings. The van der Waals surface area contributed by atoms with Crippen molar-refractivity contribution in [2.75, 3.05) is 38.6 Å². The van der Waals surface area contributed by atoms with Gasteiger partial charge < -0.3 is 14.4 Å². The lowest BCUT2D eigenvalue weighted by molar-refractivity contribution is -0.182. The first kappa shape index (κ1) is 12.7. The van der Waals surface area contributed by atoms with Crippen molar-refractivity contribution in [3.05, 3.63) is 0 Å². The van der Waals surface area contributed by atoms with E-state index in [-0.39, 0.29) is 6.29 Å². The average molecular weight is 245 g/mol. The minimum absolute atomic E-state index is 0.0587. The van der Waals surface area contributed by atoms with Gasteiger partial charge >= 0.3 is 0 Å². The molecule has 1 atom stereocenters. The monoisotopic (exact) mass is 245 g/mol. The molecule has 2 saturated heterocycles. The van der Waals surface area contributed by atoms with Crippen LogP contribution in [0.2, 0.25) is 0 Å². The Labute approximate surface area is 103 Å². The van der Waals surface area contributed by atoms with Crippen molar-refractivity contribution < 1.29 is 9.47 Å². The molecule has 0 saturated carbocycles. The van der Waals surface area contributed by atoms with Crippen LogP contribution in [0, 0.1) is 0 Å². The van der Waals surface area contributed by atoms with E-state index >= 15 is 0 Å². The van der Waals surface area contributed by atoms with Gasteiger partial charge in [-0.2, -0.15) is 11.8 Å². The van der Waals surface area contributed by atoms with E-state index in [2.05, 4.69) is 23.6 Å². The van der Waals surface area contributed by atoms with Gasteiger partial charge in [0.05, 0.1) is 13.2 Å². The van der Waals surface area contributed by atoms with Gasteiger partial charge in [-0.1, -0.05) is 6.92 Å². The molecule has 94 valence electrons.